The SMILES string of the molecule is CC.CC(=O)c1ccccc1.CO.C[C-]=O.[Y]. The Morgan fingerprint density at radius 1 is 1.12 bits per heavy atom. The third-order valence-electron chi connectivity index (χ3n) is 1.18. The molecule has 0 amide bonds. The molecule has 1 rings (SSSR count). The molecule has 1 N–H and O–H groups in total. The molecule has 1 aromatic carbocycles. The van der Waals surface area contributed by atoms with Crippen LogP contribution in [0.3, 0.4) is 0 Å². The van der Waals surface area contributed by atoms with Crippen molar-refractivity contribution in [2.24, 2.45) is 0 Å². The van der Waals surface area contributed by atoms with Gasteiger partial charge >= 0.3 is 0 Å². The summed E-state index contributed by atoms with van der Waals surface area (Å²) in [7, 11) is 1.00. The Hall–Kier alpha value is -0.376. The van der Waals surface area contributed by atoms with E-state index in [1.54, 1.807) is 6.92 Å². The van der Waals surface area contributed by atoms with Gasteiger partial charge in [-0.25, -0.2) is 0 Å². The van der Waals surface area contributed by atoms with Gasteiger partial charge in [-0.3, -0.25) is 11.1 Å². The van der Waals surface area contributed by atoms with Crippen molar-refractivity contribution < 1.29 is 47.4 Å². The van der Waals surface area contributed by atoms with E-state index in [-0.39, 0.29) is 38.5 Å². The van der Waals surface area contributed by atoms with E-state index in [0.717, 1.165) is 12.7 Å². The molecular formula is C13H21O3Y-. The molecule has 0 aromatic heterocycles. The van der Waals surface area contributed by atoms with Gasteiger partial charge in [0.1, 0.15) is 0 Å². The summed E-state index contributed by atoms with van der Waals surface area (Å²) >= 11 is 0. The number of Topliss-reactive ketones (excluding diaryl/α,β-unsaturated/α-hetero) is 1. The molecule has 1 radical (unpaired) electrons. The second-order valence-electron chi connectivity index (χ2n) is 2.13. The first-order valence-electron chi connectivity index (χ1n) is 5.02. The summed E-state index contributed by atoms with van der Waals surface area (Å²) in [6.45, 7) is 6.88. The van der Waals surface area contributed by atoms with Gasteiger partial charge in [0.05, 0.1) is 0 Å². The second kappa shape index (κ2) is 24.7. The molecule has 95 valence electrons. The van der Waals surface area contributed by atoms with E-state index in [4.69, 9.17) is 9.90 Å². The average molecular weight is 314 g/mol. The van der Waals surface area contributed by atoms with Gasteiger partial charge in [-0.1, -0.05) is 44.2 Å². The van der Waals surface area contributed by atoms with Crippen molar-refractivity contribution in [2.75, 3.05) is 7.11 Å². The number of ketones is 1. The molecule has 3 nitrogen and oxygen atoms in total. The Kier molecular flexibility index (Phi) is 37.0. The van der Waals surface area contributed by atoms with Gasteiger partial charge in [0, 0.05) is 45.4 Å². The van der Waals surface area contributed by atoms with Crippen molar-refractivity contribution in [3.05, 3.63) is 35.9 Å². The van der Waals surface area contributed by atoms with Crippen LogP contribution in [0.25, 0.3) is 0 Å². The van der Waals surface area contributed by atoms with Gasteiger partial charge in [-0.05, 0) is 6.92 Å². The zero-order valence-electron chi connectivity index (χ0n) is 11.2. The molecule has 0 aliphatic carbocycles. The minimum Gasteiger partial charge on any atom is -0.542 e. The Labute approximate surface area is 130 Å². The smallest absolute Gasteiger partial charge is 0.159 e. The van der Waals surface area contributed by atoms with Crippen LogP contribution in [-0.2, 0) is 37.5 Å². The minimum absolute atomic E-state index is 0. The summed E-state index contributed by atoms with van der Waals surface area (Å²) in [4.78, 5) is 19.3. The van der Waals surface area contributed by atoms with Crippen molar-refractivity contribution in [3.63, 3.8) is 0 Å². The number of carbonyl (C=O) groups is 1. The first-order valence-corrected chi connectivity index (χ1v) is 5.02. The van der Waals surface area contributed by atoms with E-state index in [1.807, 2.05) is 44.2 Å². The molecule has 0 unspecified atom stereocenters. The molecule has 0 saturated carbocycles. The van der Waals surface area contributed by atoms with Crippen molar-refractivity contribution in [3.8, 4) is 0 Å². The molecule has 0 bridgehead atoms. The third kappa shape index (κ3) is 21.5. The molecule has 1 aromatic rings. The number of aliphatic hydroxyl groups is 1. The van der Waals surface area contributed by atoms with Gasteiger partial charge in [-0.15, -0.1) is 0 Å². The molecule has 0 aliphatic heterocycles. The fourth-order valence-corrected chi connectivity index (χ4v) is 0.673. The van der Waals surface area contributed by atoms with Gasteiger partial charge in [-0.2, -0.15) is 6.92 Å². The zero-order valence-corrected chi connectivity index (χ0v) is 14.1. The van der Waals surface area contributed by atoms with Crippen molar-refractivity contribution in [1.29, 1.82) is 0 Å². The van der Waals surface area contributed by atoms with Crippen LogP contribution in [0.5, 0.6) is 0 Å². The number of hydrogen-bond acceptors (Lipinski definition) is 3. The first kappa shape index (κ1) is 25.5. The van der Waals surface area contributed by atoms with E-state index in [0.29, 0.717) is 0 Å². The largest absolute Gasteiger partial charge is 0.542 e. The van der Waals surface area contributed by atoms with Gasteiger partial charge in [0.25, 0.3) is 0 Å². The van der Waals surface area contributed by atoms with Crippen LogP contribution < -0.4 is 0 Å². The van der Waals surface area contributed by atoms with E-state index in [2.05, 4.69) is 0 Å². The summed E-state index contributed by atoms with van der Waals surface area (Å²) < 4.78 is 0. The molecule has 0 heterocycles. The molecular weight excluding hydrogens is 293 g/mol. The second-order valence-corrected chi connectivity index (χ2v) is 2.13. The fraction of sp³-hybridized carbons (Fsp3) is 0.385. The summed E-state index contributed by atoms with van der Waals surface area (Å²) in [5, 5.41) is 7.00. The Bertz CT molecular complexity index is 248. The fourth-order valence-electron chi connectivity index (χ4n) is 0.673. The van der Waals surface area contributed by atoms with E-state index < -0.39 is 0 Å². The van der Waals surface area contributed by atoms with Crippen LogP contribution in [0, 0.1) is 0 Å². The van der Waals surface area contributed by atoms with Crippen LogP contribution >= 0.6 is 0 Å². The number of carbonyl (C=O) groups excluding carboxylic acids is 2. The third-order valence-corrected chi connectivity index (χ3v) is 1.18. The van der Waals surface area contributed by atoms with Crippen LogP contribution in [0.1, 0.15) is 38.1 Å². The van der Waals surface area contributed by atoms with Crippen molar-refractivity contribution in [1.82, 2.24) is 0 Å². The maximum absolute atomic E-state index is 10.6. The van der Waals surface area contributed by atoms with E-state index in [9.17, 15) is 4.79 Å². The normalized spacial score (nSPS) is 6.24. The maximum atomic E-state index is 10.6. The topological polar surface area (TPSA) is 54.4 Å². The molecule has 17 heavy (non-hydrogen) atoms. The number of hydrogen-bond donors (Lipinski definition) is 1. The molecule has 0 spiro atoms. The average Bonchev–Trinajstić information content (AvgIpc) is 2.36. The number of benzene rings is 1. The van der Waals surface area contributed by atoms with Crippen LogP contribution in [0.4, 0.5) is 0 Å². The Morgan fingerprint density at radius 3 is 1.59 bits per heavy atom. The summed E-state index contributed by atoms with van der Waals surface area (Å²) in [6.07, 6.45) is 1.50. The van der Waals surface area contributed by atoms with Crippen LogP contribution in [0.15, 0.2) is 30.3 Å². The van der Waals surface area contributed by atoms with Crippen LogP contribution in [-0.4, -0.2) is 24.3 Å². The van der Waals surface area contributed by atoms with E-state index in [1.165, 1.54) is 13.2 Å². The van der Waals surface area contributed by atoms with Gasteiger partial charge in [0.15, 0.2) is 5.78 Å². The van der Waals surface area contributed by atoms with Gasteiger partial charge < -0.3 is 9.90 Å². The number of rotatable bonds is 1. The predicted molar refractivity (Wildman–Crippen MR) is 67.3 cm³/mol. The minimum atomic E-state index is 0. The molecule has 0 atom stereocenters. The molecule has 0 aliphatic rings. The van der Waals surface area contributed by atoms with Crippen molar-refractivity contribution >= 4 is 12.1 Å². The maximum Gasteiger partial charge on any atom is 0.159 e. The quantitative estimate of drug-likeness (QED) is 0.640. The van der Waals surface area contributed by atoms with Crippen LogP contribution in [0.2, 0.25) is 0 Å². The predicted octanol–water partition coefficient (Wildman–Crippen LogP) is 2.64. The molecule has 4 heteroatoms. The monoisotopic (exact) mass is 314 g/mol. The van der Waals surface area contributed by atoms with Gasteiger partial charge in [0.2, 0.25) is 0 Å². The summed E-state index contributed by atoms with van der Waals surface area (Å²) in [5.41, 5.74) is 0.775. The first-order chi connectivity index (χ1) is 7.72. The number of aliphatic hydroxyl groups excluding tert-OH is 1. The zero-order chi connectivity index (χ0) is 13.4. The summed E-state index contributed by atoms with van der Waals surface area (Å²) in [6, 6.07) is 9.23. The Balaban J connectivity index is -0.0000000911. The standard InChI is InChI=1S/C8H8O.C2H3O.C2H6.CH4O.Y/c1-7(9)8-5-3-2-4-6-8;1-2-3;2*1-2;/h2-6H,1H3;1H3;1-2H3;2H,1H3;/q;-1;;;. The van der Waals surface area contributed by atoms with E-state index >= 15 is 0 Å². The molecule has 0 fully saturated rings. The molecule has 0 saturated heterocycles. The van der Waals surface area contributed by atoms with Crippen molar-refractivity contribution in [2.45, 2.75) is 27.7 Å². The Morgan fingerprint density at radius 2 is 1.41 bits per heavy atom. The summed E-state index contributed by atoms with van der Waals surface area (Å²) in [5.74, 6) is 0.121.